The number of fused-ring (bicyclic) bond motifs is 1. The molecule has 39 heavy (non-hydrogen) atoms. The Morgan fingerprint density at radius 3 is 2.44 bits per heavy atom. The Morgan fingerprint density at radius 1 is 1.08 bits per heavy atom. The standard InChI is InChI=1S/C26H32O13/c1-13(27)39-25(2)11-17(29)26(34)9-10-35-24(22(25)26)38-23-21(33)20(32)19(31)16(37-23)12-36-18(30)8-5-14-3-6-15(28)7-4-14/h3-10,16-17,19-24,28-29,31-34H,11-12H2,1-2H3/b8-5+/t16-,17-,19+,20+,21-,22-,23+,24+,25+,26-/m1/s1. The van der Waals surface area contributed by atoms with Crippen LogP contribution in [0.1, 0.15) is 25.8 Å². The first-order valence-electron chi connectivity index (χ1n) is 12.3. The van der Waals surface area contributed by atoms with E-state index < -0.39 is 78.8 Å². The van der Waals surface area contributed by atoms with Crippen LogP contribution in [0.2, 0.25) is 0 Å². The zero-order valence-corrected chi connectivity index (χ0v) is 21.2. The Kier molecular flexibility index (Phi) is 8.33. The van der Waals surface area contributed by atoms with Crippen LogP contribution in [0.4, 0.5) is 0 Å². The van der Waals surface area contributed by atoms with Crippen molar-refractivity contribution in [2.75, 3.05) is 6.61 Å². The van der Waals surface area contributed by atoms with Gasteiger partial charge in [-0.3, -0.25) is 4.79 Å². The highest BCUT2D eigenvalue weighted by atomic mass is 16.8. The molecule has 0 bridgehead atoms. The summed E-state index contributed by atoms with van der Waals surface area (Å²) in [7, 11) is 0. The molecule has 13 nitrogen and oxygen atoms in total. The van der Waals surface area contributed by atoms with Crippen molar-refractivity contribution in [1.82, 2.24) is 0 Å². The number of hydrogen-bond acceptors (Lipinski definition) is 13. The molecular formula is C26H32O13. The van der Waals surface area contributed by atoms with Crippen LogP contribution in [-0.4, -0.2) is 103 Å². The summed E-state index contributed by atoms with van der Waals surface area (Å²) in [5.41, 5.74) is -2.74. The molecule has 214 valence electrons. The summed E-state index contributed by atoms with van der Waals surface area (Å²) in [6.07, 6.45) is -6.24. The fourth-order valence-electron chi connectivity index (χ4n) is 5.20. The highest BCUT2D eigenvalue weighted by Gasteiger charge is 2.66. The van der Waals surface area contributed by atoms with E-state index in [1.165, 1.54) is 38.1 Å². The van der Waals surface area contributed by atoms with E-state index in [1.807, 2.05) is 0 Å². The van der Waals surface area contributed by atoms with E-state index in [0.717, 1.165) is 12.3 Å². The summed E-state index contributed by atoms with van der Waals surface area (Å²) in [5.74, 6) is -2.57. The molecule has 2 fully saturated rings. The first-order chi connectivity index (χ1) is 18.3. The second-order valence-corrected chi connectivity index (χ2v) is 10.0. The minimum absolute atomic E-state index is 0.0649. The average Bonchev–Trinajstić information content (AvgIpc) is 3.07. The van der Waals surface area contributed by atoms with Crippen LogP contribution >= 0.6 is 0 Å². The van der Waals surface area contributed by atoms with Crippen molar-refractivity contribution in [2.24, 2.45) is 5.92 Å². The number of carbonyl (C=O) groups is 2. The lowest BCUT2D eigenvalue weighted by Gasteiger charge is -2.46. The van der Waals surface area contributed by atoms with Crippen LogP contribution in [0.5, 0.6) is 5.75 Å². The van der Waals surface area contributed by atoms with Crippen molar-refractivity contribution in [1.29, 1.82) is 0 Å². The van der Waals surface area contributed by atoms with Gasteiger partial charge >= 0.3 is 11.9 Å². The molecule has 6 N–H and O–H groups in total. The van der Waals surface area contributed by atoms with Gasteiger partial charge in [0.2, 0.25) is 6.29 Å². The van der Waals surface area contributed by atoms with E-state index in [0.29, 0.717) is 5.56 Å². The maximum absolute atomic E-state index is 12.2. The lowest BCUT2D eigenvalue weighted by Crippen LogP contribution is -2.62. The predicted octanol–water partition coefficient (Wildman–Crippen LogP) is -0.924. The molecule has 2 heterocycles. The maximum Gasteiger partial charge on any atom is 0.330 e. The molecular weight excluding hydrogens is 520 g/mol. The fraction of sp³-hybridized carbons (Fsp3) is 0.538. The Labute approximate surface area is 223 Å². The molecule has 0 spiro atoms. The average molecular weight is 553 g/mol. The van der Waals surface area contributed by atoms with E-state index in [9.17, 15) is 40.2 Å². The zero-order chi connectivity index (χ0) is 28.5. The number of rotatable bonds is 7. The minimum Gasteiger partial charge on any atom is -0.508 e. The predicted molar refractivity (Wildman–Crippen MR) is 129 cm³/mol. The summed E-state index contributed by atoms with van der Waals surface area (Å²) in [6, 6.07) is 6.04. The molecule has 10 atom stereocenters. The van der Waals surface area contributed by atoms with Crippen molar-refractivity contribution in [3.8, 4) is 5.75 Å². The molecule has 1 aliphatic carbocycles. The van der Waals surface area contributed by atoms with Crippen molar-refractivity contribution >= 4 is 18.0 Å². The molecule has 0 radical (unpaired) electrons. The highest BCUT2D eigenvalue weighted by Crippen LogP contribution is 2.51. The van der Waals surface area contributed by atoms with Gasteiger partial charge in [-0.05, 0) is 36.8 Å². The number of hydrogen-bond donors (Lipinski definition) is 6. The third-order valence-electron chi connectivity index (χ3n) is 7.12. The Bertz CT molecular complexity index is 1100. The fourth-order valence-corrected chi connectivity index (χ4v) is 5.20. The summed E-state index contributed by atoms with van der Waals surface area (Å²) in [5, 5.41) is 62.4. The van der Waals surface area contributed by atoms with E-state index in [4.69, 9.17) is 23.7 Å². The van der Waals surface area contributed by atoms with E-state index in [-0.39, 0.29) is 12.2 Å². The van der Waals surface area contributed by atoms with Crippen molar-refractivity contribution in [2.45, 2.75) is 74.6 Å². The molecule has 4 rings (SSSR count). The Morgan fingerprint density at radius 2 is 1.77 bits per heavy atom. The summed E-state index contributed by atoms with van der Waals surface area (Å²) in [4.78, 5) is 23.9. The number of aliphatic hydroxyl groups excluding tert-OH is 4. The molecule has 1 saturated carbocycles. The number of aromatic hydroxyl groups is 1. The third kappa shape index (κ3) is 5.94. The number of aliphatic hydroxyl groups is 5. The van der Waals surface area contributed by atoms with Gasteiger partial charge in [0.15, 0.2) is 6.29 Å². The molecule has 1 aromatic carbocycles. The van der Waals surface area contributed by atoms with Gasteiger partial charge in [-0.1, -0.05) is 12.1 Å². The quantitative estimate of drug-likeness (QED) is 0.179. The van der Waals surface area contributed by atoms with Gasteiger partial charge in [-0.15, -0.1) is 0 Å². The maximum atomic E-state index is 12.2. The topological polar surface area (TPSA) is 202 Å². The van der Waals surface area contributed by atoms with Gasteiger partial charge < -0.3 is 54.3 Å². The van der Waals surface area contributed by atoms with Crippen LogP contribution in [0.25, 0.3) is 6.08 Å². The minimum atomic E-state index is -1.91. The second kappa shape index (κ2) is 11.2. The molecule has 1 saturated heterocycles. The summed E-state index contributed by atoms with van der Waals surface area (Å²) < 4.78 is 27.4. The molecule has 1 aromatic rings. The molecule has 3 aliphatic rings. The van der Waals surface area contributed by atoms with Crippen LogP contribution in [-0.2, 0) is 33.3 Å². The largest absolute Gasteiger partial charge is 0.508 e. The van der Waals surface area contributed by atoms with Gasteiger partial charge in [0.1, 0.15) is 48.0 Å². The Hall–Kier alpha value is -3.04. The molecule has 0 amide bonds. The SMILES string of the molecule is CC(=O)O[C@@]1(C)C[C@@H](O)[C@]2(O)C=CO[C@@H](O[C@@H]3O[C@H](COC(=O)/C=C/c4ccc(O)cc4)[C@H](O)[C@H](O)[C@H]3O)[C@@H]21. The van der Waals surface area contributed by atoms with Crippen LogP contribution < -0.4 is 0 Å². The van der Waals surface area contributed by atoms with Crippen LogP contribution in [0.15, 0.2) is 42.7 Å². The van der Waals surface area contributed by atoms with Gasteiger partial charge in [0.25, 0.3) is 0 Å². The van der Waals surface area contributed by atoms with E-state index in [1.54, 1.807) is 12.1 Å². The van der Waals surface area contributed by atoms with Crippen molar-refractivity contribution in [3.63, 3.8) is 0 Å². The number of phenolic OH excluding ortho intramolecular Hbond substituents is 1. The van der Waals surface area contributed by atoms with Crippen molar-refractivity contribution in [3.05, 3.63) is 48.2 Å². The van der Waals surface area contributed by atoms with Crippen LogP contribution in [0.3, 0.4) is 0 Å². The van der Waals surface area contributed by atoms with E-state index >= 15 is 0 Å². The number of carbonyl (C=O) groups excluding carboxylic acids is 2. The normalized spacial score (nSPS) is 39.7. The monoisotopic (exact) mass is 552 g/mol. The second-order valence-electron chi connectivity index (χ2n) is 10.0. The Balaban J connectivity index is 1.44. The first kappa shape index (κ1) is 29.0. The summed E-state index contributed by atoms with van der Waals surface area (Å²) in [6.45, 7) is 2.14. The van der Waals surface area contributed by atoms with Crippen molar-refractivity contribution < 1.29 is 63.9 Å². The van der Waals surface area contributed by atoms with E-state index in [2.05, 4.69) is 0 Å². The number of esters is 2. The van der Waals surface area contributed by atoms with Gasteiger partial charge in [-0.2, -0.15) is 0 Å². The molecule has 0 aromatic heterocycles. The van der Waals surface area contributed by atoms with Gasteiger partial charge in [0.05, 0.1) is 18.3 Å². The molecule has 2 aliphatic heterocycles. The van der Waals surface area contributed by atoms with Crippen LogP contribution in [0, 0.1) is 5.92 Å². The summed E-state index contributed by atoms with van der Waals surface area (Å²) >= 11 is 0. The molecule has 0 unspecified atom stereocenters. The lowest BCUT2D eigenvalue weighted by atomic mass is 9.81. The number of phenols is 1. The molecule has 13 heteroatoms. The highest BCUT2D eigenvalue weighted by molar-refractivity contribution is 5.87. The van der Waals surface area contributed by atoms with Gasteiger partial charge in [-0.25, -0.2) is 4.79 Å². The number of benzene rings is 1. The smallest absolute Gasteiger partial charge is 0.330 e. The third-order valence-corrected chi connectivity index (χ3v) is 7.12. The first-order valence-corrected chi connectivity index (χ1v) is 12.3. The lowest BCUT2D eigenvalue weighted by molar-refractivity contribution is -0.351. The zero-order valence-electron chi connectivity index (χ0n) is 21.2. The number of ether oxygens (including phenoxy) is 5. The van der Waals surface area contributed by atoms with Gasteiger partial charge in [0, 0.05) is 19.4 Å².